The van der Waals surface area contributed by atoms with Crippen molar-refractivity contribution >= 4 is 35.6 Å². The van der Waals surface area contributed by atoms with Gasteiger partial charge in [-0.1, -0.05) is 0 Å². The number of rotatable bonds is 2. The molecule has 0 aliphatic heterocycles. The molecule has 0 unspecified atom stereocenters. The van der Waals surface area contributed by atoms with E-state index < -0.39 is 52.2 Å². The first kappa shape index (κ1) is 39.7. The average Bonchev–Trinajstić information content (AvgIpc) is 3.19. The van der Waals surface area contributed by atoms with E-state index in [0.717, 1.165) is 0 Å². The summed E-state index contributed by atoms with van der Waals surface area (Å²) >= 11 is -0.0469. The van der Waals surface area contributed by atoms with Gasteiger partial charge >= 0.3 is 97.8 Å². The van der Waals surface area contributed by atoms with E-state index in [1.54, 1.807) is 65.6 Å². The summed E-state index contributed by atoms with van der Waals surface area (Å²) in [5.74, 6) is -7.24. The van der Waals surface area contributed by atoms with Crippen LogP contribution in [0.2, 0.25) is 4.13 Å². The Morgan fingerprint density at radius 2 is 0.974 bits per heavy atom. The Kier molecular flexibility index (Phi) is 19.3. The van der Waals surface area contributed by atoms with Crippen LogP contribution in [-0.4, -0.2) is 67.6 Å². The van der Waals surface area contributed by atoms with Gasteiger partial charge in [0.25, 0.3) is 0 Å². The molecular weight excluding hydrogens is 578 g/mol. The van der Waals surface area contributed by atoms with E-state index in [4.69, 9.17) is 15.3 Å². The zero-order chi connectivity index (χ0) is 30.9. The summed E-state index contributed by atoms with van der Waals surface area (Å²) in [4.78, 5) is 61.2. The molecule has 6 N–H and O–H groups in total. The molecule has 0 fully saturated rings. The number of hydrogen-bond acceptors (Lipinski definition) is 6. The molecule has 0 heterocycles. The van der Waals surface area contributed by atoms with Gasteiger partial charge in [0.05, 0.1) is 0 Å². The quantitative estimate of drug-likeness (QED) is 0.251. The SMILES string of the molecule is CC(C)(C)NC(=O)C(=O)O.CC(C)(C)NC(=O)C(=O)O.CC(C)(C)NC(=O)C(=O)O.C[CH2][Zr][C]1=CC=CC1. The molecule has 38 heavy (non-hydrogen) atoms. The number of carboxylic acids is 3. The zero-order valence-electron chi connectivity index (χ0n) is 23.9. The van der Waals surface area contributed by atoms with Gasteiger partial charge in [-0.15, -0.1) is 0 Å². The van der Waals surface area contributed by atoms with Gasteiger partial charge in [-0.25, -0.2) is 14.4 Å². The Hall–Kier alpha value is -2.82. The van der Waals surface area contributed by atoms with Crippen LogP contribution < -0.4 is 16.0 Å². The van der Waals surface area contributed by atoms with Crippen molar-refractivity contribution in [2.75, 3.05) is 0 Å². The van der Waals surface area contributed by atoms with Crippen LogP contribution in [0.15, 0.2) is 21.5 Å². The number of allylic oxidation sites excluding steroid dienone is 4. The summed E-state index contributed by atoms with van der Waals surface area (Å²) in [5, 5.41) is 31.2. The van der Waals surface area contributed by atoms with Gasteiger partial charge in [0.15, 0.2) is 0 Å². The molecule has 0 bridgehead atoms. The van der Waals surface area contributed by atoms with Crippen molar-refractivity contribution in [3.05, 3.63) is 21.5 Å². The number of carbonyl (C=O) groups excluding carboxylic acids is 3. The third kappa shape index (κ3) is 29.4. The molecule has 1 aliphatic carbocycles. The van der Waals surface area contributed by atoms with Gasteiger partial charge in [-0.2, -0.15) is 0 Å². The van der Waals surface area contributed by atoms with Crippen molar-refractivity contribution in [1.82, 2.24) is 16.0 Å². The van der Waals surface area contributed by atoms with E-state index in [9.17, 15) is 28.8 Å². The summed E-state index contributed by atoms with van der Waals surface area (Å²) in [6, 6.07) is 0. The number of aliphatic carboxylic acids is 3. The standard InChI is InChI=1S/3C6H11NO3.C5H5.C2H5.Zr/c3*1-6(2,3)7-4(8)5(9)10;1-2-4-5-3-1;1-2;/h3*1-3H3,(H,7,8)(H,9,10);1-3H,4H2;1H2,2H3;. The van der Waals surface area contributed by atoms with Crippen LogP contribution in [0.3, 0.4) is 0 Å². The van der Waals surface area contributed by atoms with Crippen molar-refractivity contribution in [3.8, 4) is 0 Å². The molecule has 0 saturated carbocycles. The Morgan fingerprint density at radius 1 is 0.684 bits per heavy atom. The Labute approximate surface area is 236 Å². The van der Waals surface area contributed by atoms with Gasteiger partial charge in [0.1, 0.15) is 0 Å². The normalized spacial score (nSPS) is 11.9. The van der Waals surface area contributed by atoms with Gasteiger partial charge in [0.2, 0.25) is 0 Å². The van der Waals surface area contributed by atoms with Crippen LogP contribution >= 0.6 is 0 Å². The molecule has 13 heteroatoms. The summed E-state index contributed by atoms with van der Waals surface area (Å²) in [5.41, 5.74) is -1.43. The van der Waals surface area contributed by atoms with Gasteiger partial charge < -0.3 is 31.3 Å². The molecule has 0 aromatic carbocycles. The number of carboxylic acid groups (broad SMARTS) is 3. The van der Waals surface area contributed by atoms with E-state index in [2.05, 4.69) is 41.1 Å². The average molecular weight is 621 g/mol. The topological polar surface area (TPSA) is 199 Å². The number of amides is 3. The van der Waals surface area contributed by atoms with Gasteiger partial charge in [-0.3, -0.25) is 14.4 Å². The van der Waals surface area contributed by atoms with E-state index in [1.165, 1.54) is 10.5 Å². The van der Waals surface area contributed by atoms with Crippen molar-refractivity contribution < 1.29 is 67.3 Å². The molecule has 0 atom stereocenters. The van der Waals surface area contributed by atoms with E-state index in [-0.39, 0.29) is 23.2 Å². The van der Waals surface area contributed by atoms with Crippen LogP contribution in [-0.2, 0) is 52.0 Å². The minimum atomic E-state index is -1.45. The first-order chi connectivity index (χ1) is 16.9. The molecular formula is C25H43N3O9Zr. The predicted molar refractivity (Wildman–Crippen MR) is 139 cm³/mol. The Balaban J connectivity index is -0.000000431. The summed E-state index contributed by atoms with van der Waals surface area (Å²) in [6.45, 7) is 17.7. The molecule has 0 aromatic heterocycles. The first-order valence-corrected chi connectivity index (χ1v) is 14.6. The predicted octanol–water partition coefficient (Wildman–Crippen LogP) is 2.31. The Morgan fingerprint density at radius 3 is 1.11 bits per heavy atom. The molecule has 0 radical (unpaired) electrons. The van der Waals surface area contributed by atoms with Crippen LogP contribution in [0.25, 0.3) is 0 Å². The molecule has 0 spiro atoms. The second-order valence-electron chi connectivity index (χ2n) is 10.9. The molecule has 1 aliphatic rings. The first-order valence-electron chi connectivity index (χ1n) is 11.7. The number of carbonyl (C=O) groups is 6. The number of nitrogens with one attached hydrogen (secondary N) is 3. The third-order valence-electron chi connectivity index (χ3n) is 3.22. The van der Waals surface area contributed by atoms with Crippen LogP contribution in [0.4, 0.5) is 0 Å². The van der Waals surface area contributed by atoms with Crippen molar-refractivity contribution in [2.45, 2.75) is 96.4 Å². The summed E-state index contributed by atoms with van der Waals surface area (Å²) in [7, 11) is 0. The molecule has 0 aromatic rings. The fourth-order valence-corrected chi connectivity index (χ4v) is 4.27. The summed E-state index contributed by atoms with van der Waals surface area (Å²) in [6.07, 6.45) is 8.02. The maximum absolute atomic E-state index is 10.4. The van der Waals surface area contributed by atoms with Crippen LogP contribution in [0, 0.1) is 0 Å². The second kappa shape index (κ2) is 18.4. The molecule has 0 saturated heterocycles. The maximum atomic E-state index is 10.4. The second-order valence-corrected chi connectivity index (χ2v) is 15.1. The van der Waals surface area contributed by atoms with Crippen LogP contribution in [0.1, 0.15) is 75.7 Å². The molecule has 1 rings (SSSR count). The molecule has 216 valence electrons. The molecule has 3 amide bonds. The van der Waals surface area contributed by atoms with Crippen molar-refractivity contribution in [1.29, 1.82) is 0 Å². The number of hydrogen-bond donors (Lipinski definition) is 6. The Bertz CT molecular complexity index is 801. The van der Waals surface area contributed by atoms with Crippen LogP contribution in [0.5, 0.6) is 0 Å². The third-order valence-corrected chi connectivity index (χ3v) is 6.12. The van der Waals surface area contributed by atoms with Crippen molar-refractivity contribution in [3.63, 3.8) is 0 Å². The zero-order valence-corrected chi connectivity index (χ0v) is 26.4. The van der Waals surface area contributed by atoms with Gasteiger partial charge in [0, 0.05) is 16.6 Å². The minimum absolute atomic E-state index is 0.0469. The van der Waals surface area contributed by atoms with E-state index >= 15 is 0 Å². The monoisotopic (exact) mass is 619 g/mol. The van der Waals surface area contributed by atoms with Gasteiger partial charge in [-0.05, 0) is 62.3 Å². The fraction of sp³-hybridized carbons (Fsp3) is 0.600. The van der Waals surface area contributed by atoms with Crippen molar-refractivity contribution in [2.24, 2.45) is 0 Å². The van der Waals surface area contributed by atoms with E-state index in [1.807, 2.05) is 0 Å². The van der Waals surface area contributed by atoms with E-state index in [0.29, 0.717) is 0 Å². The summed E-state index contributed by atoms with van der Waals surface area (Å²) < 4.78 is 3.22. The fourth-order valence-electron chi connectivity index (χ4n) is 1.99. The molecule has 12 nitrogen and oxygen atoms in total.